The first-order valence-electron chi connectivity index (χ1n) is 44.4. The number of imidazole rings is 1. The molecule has 96 heavy (non-hydrogen) atoms. The lowest BCUT2D eigenvalue weighted by Gasteiger charge is -2.27. The van der Waals surface area contributed by atoms with Gasteiger partial charge in [0.25, 0.3) is 6.33 Å². The van der Waals surface area contributed by atoms with E-state index in [1.165, 1.54) is 18.3 Å². The second kappa shape index (κ2) is 24.3. The van der Waals surface area contributed by atoms with Gasteiger partial charge < -0.3 is 4.74 Å². The van der Waals surface area contributed by atoms with Gasteiger partial charge in [0.1, 0.15) is 17.3 Å². The summed E-state index contributed by atoms with van der Waals surface area (Å²) in [5.74, 6) is 0.662. The Morgan fingerprint density at radius 3 is 1.57 bits per heavy atom. The quantitative estimate of drug-likeness (QED) is 0.0903. The molecule has 0 unspecified atom stereocenters. The maximum Gasteiger partial charge on any atom is 0.269 e. The predicted molar refractivity (Wildman–Crippen MR) is 401 cm³/mol. The molecular formula is C91H78N4O. The van der Waals surface area contributed by atoms with Gasteiger partial charge in [-0.3, -0.25) is 13.7 Å². The van der Waals surface area contributed by atoms with Crippen molar-refractivity contribution in [2.75, 3.05) is 0 Å². The van der Waals surface area contributed by atoms with Crippen molar-refractivity contribution in [3.8, 4) is 107 Å². The standard InChI is InChI=1S/C91H78N4O/c1-60-46-87(92-58-82(60)65-32-21-14-22-33-65)95-83-37-24-23-36-78(83)79-44-43-77(57-85(79)95)96-76-35-25-34-75(56-76)93-59-94(84-45-40-66(54-86(84)93)64-38-41-72(42-39-64)89(2,3)4)88-80(70-48-67(61-26-15-11-16-27-61)47-68(49-70)62-28-17-12-18-29-62)52-69(63-30-19-13-20-31-63)53-81(88)71-50-73(90(5,6)7)55-74(51-71)91(8,9)10/h11-58H,1-10H3/i1D3,11D,12D,13D,14D,15D,16D,17D,18D,19D,20D,21D,22D,26D,27D,28D,29D,30D,31D,32D,33D,47D,48D,49D. The van der Waals surface area contributed by atoms with E-state index in [9.17, 15) is 12.3 Å². The molecule has 0 spiro atoms. The number of hydrogen-bond donors (Lipinski definition) is 0. The number of fused-ring (bicyclic) bond motifs is 4. The van der Waals surface area contributed by atoms with Crippen LogP contribution in [0.5, 0.6) is 11.5 Å². The zero-order chi connectivity index (χ0) is 88.6. The van der Waals surface area contributed by atoms with Crippen LogP contribution in [0.3, 0.4) is 0 Å². The first-order valence-corrected chi connectivity index (χ1v) is 31.4. The summed E-state index contributed by atoms with van der Waals surface area (Å²) in [5.41, 5.74) is 0.771. The minimum Gasteiger partial charge on any atom is -0.458 e. The van der Waals surface area contributed by atoms with Crippen LogP contribution in [0.15, 0.2) is 291 Å². The zero-order valence-corrected chi connectivity index (χ0v) is 54.1. The van der Waals surface area contributed by atoms with E-state index in [0.717, 1.165) is 27.6 Å². The Morgan fingerprint density at radius 1 is 0.406 bits per heavy atom. The van der Waals surface area contributed by atoms with E-state index < -0.39 is 184 Å². The van der Waals surface area contributed by atoms with Crippen LogP contribution in [-0.4, -0.2) is 14.1 Å². The molecule has 3 heterocycles. The molecule has 0 saturated carbocycles. The molecule has 0 amide bonds. The number of aryl methyl sites for hydroxylation is 1. The minimum absolute atomic E-state index is 0.0390. The van der Waals surface area contributed by atoms with Crippen LogP contribution in [0.4, 0.5) is 0 Å². The Labute approximate surface area is 601 Å². The molecule has 0 aliphatic rings. The van der Waals surface area contributed by atoms with Crippen LogP contribution in [-0.2, 0) is 16.2 Å². The number of aromatic nitrogens is 4. The van der Waals surface area contributed by atoms with Crippen molar-refractivity contribution in [2.45, 2.75) is 85.4 Å². The van der Waals surface area contributed by atoms with Crippen LogP contribution in [0, 0.1) is 13.2 Å². The first kappa shape index (κ1) is 38.3. The highest BCUT2D eigenvalue weighted by Crippen LogP contribution is 2.45. The van der Waals surface area contributed by atoms with Gasteiger partial charge in [-0.05, 0) is 196 Å². The molecule has 15 aromatic rings. The largest absolute Gasteiger partial charge is 0.458 e. The Hall–Kier alpha value is -11.1. The molecule has 0 saturated heterocycles. The van der Waals surface area contributed by atoms with Gasteiger partial charge in [-0.15, -0.1) is 0 Å². The number of para-hydroxylation sites is 1. The van der Waals surface area contributed by atoms with Gasteiger partial charge in [-0.2, -0.15) is 0 Å². The summed E-state index contributed by atoms with van der Waals surface area (Å²) in [4.78, 5) is 4.77. The molecule has 5 nitrogen and oxygen atoms in total. The number of hydrogen-bond acceptors (Lipinski definition) is 2. The van der Waals surface area contributed by atoms with Crippen LogP contribution in [0.1, 0.15) is 120 Å². The van der Waals surface area contributed by atoms with E-state index in [-0.39, 0.29) is 67.4 Å². The molecule has 0 N–H and O–H groups in total. The number of benzene rings is 12. The van der Waals surface area contributed by atoms with E-state index in [2.05, 4.69) is 33.2 Å². The third-order valence-corrected chi connectivity index (χ3v) is 17.2. The molecule has 3 aromatic heterocycles. The molecule has 0 radical (unpaired) electrons. The Kier molecular flexibility index (Phi) is 9.70. The zero-order valence-electron chi connectivity index (χ0n) is 80.1. The second-order valence-corrected chi connectivity index (χ2v) is 26.7. The van der Waals surface area contributed by atoms with Crippen molar-refractivity contribution in [1.82, 2.24) is 14.1 Å². The van der Waals surface area contributed by atoms with E-state index in [1.807, 2.05) is 126 Å². The molecular weight excluding hydrogens is 1170 g/mol. The Bertz CT molecular complexity index is 6760. The van der Waals surface area contributed by atoms with E-state index in [0.29, 0.717) is 44.3 Å². The monoisotopic (exact) mass is 1270 g/mol. The number of ether oxygens (including phenoxy) is 1. The normalized spacial score (nSPS) is 16.0. The molecule has 5 heteroatoms. The smallest absolute Gasteiger partial charge is 0.269 e. The van der Waals surface area contributed by atoms with Crippen molar-refractivity contribution in [3.05, 3.63) is 319 Å². The van der Waals surface area contributed by atoms with Crippen molar-refractivity contribution >= 4 is 32.8 Å². The minimum atomic E-state index is -2.89. The molecule has 0 fully saturated rings. The molecule has 468 valence electrons. The third kappa shape index (κ3) is 11.8. The number of pyridine rings is 1. The fraction of sp³-hybridized carbons (Fsp3) is 0.143. The lowest BCUT2D eigenvalue weighted by Crippen LogP contribution is -2.31. The van der Waals surface area contributed by atoms with Crippen molar-refractivity contribution in [2.24, 2.45) is 0 Å². The van der Waals surface area contributed by atoms with Gasteiger partial charge in [0, 0.05) is 32.7 Å². The summed E-state index contributed by atoms with van der Waals surface area (Å²) in [7, 11) is 0. The highest BCUT2D eigenvalue weighted by atomic mass is 16.5. The summed E-state index contributed by atoms with van der Waals surface area (Å²) in [6.07, 6.45) is 4.87. The molecule has 12 aromatic carbocycles. The Morgan fingerprint density at radius 2 is 0.958 bits per heavy atom. The van der Waals surface area contributed by atoms with E-state index in [4.69, 9.17) is 33.0 Å². The van der Waals surface area contributed by atoms with Gasteiger partial charge in [-0.1, -0.05) is 262 Å². The van der Waals surface area contributed by atoms with Crippen molar-refractivity contribution < 1.29 is 44.9 Å². The number of nitrogens with zero attached hydrogens (tertiary/aromatic N) is 4. The molecule has 0 aliphatic carbocycles. The van der Waals surface area contributed by atoms with Crippen molar-refractivity contribution in [1.29, 1.82) is 0 Å². The first-order chi connectivity index (χ1) is 57.1. The maximum atomic E-state index is 10.8. The summed E-state index contributed by atoms with van der Waals surface area (Å²) >= 11 is 0. The van der Waals surface area contributed by atoms with Crippen LogP contribution in [0.25, 0.3) is 128 Å². The van der Waals surface area contributed by atoms with Crippen LogP contribution < -0.4 is 9.30 Å². The fourth-order valence-corrected chi connectivity index (χ4v) is 12.1. The summed E-state index contributed by atoms with van der Waals surface area (Å²) in [6, 6.07) is 25.7. The highest BCUT2D eigenvalue weighted by molar-refractivity contribution is 6.09. The average molecular weight is 1270 g/mol. The van der Waals surface area contributed by atoms with Crippen molar-refractivity contribution in [3.63, 3.8) is 0 Å². The molecule has 0 aliphatic heterocycles. The van der Waals surface area contributed by atoms with Gasteiger partial charge in [0.2, 0.25) is 0 Å². The van der Waals surface area contributed by atoms with Gasteiger partial charge in [0.15, 0.2) is 0 Å². The molecule has 0 bridgehead atoms. The van der Waals surface area contributed by atoms with Gasteiger partial charge in [0.05, 0.1) is 65.0 Å². The Balaban J connectivity index is 1.06. The topological polar surface area (TPSA) is 35.9 Å². The summed E-state index contributed by atoms with van der Waals surface area (Å²) < 4.78 is 251. The number of rotatable bonds is 12. The lowest BCUT2D eigenvalue weighted by atomic mass is 9.78. The van der Waals surface area contributed by atoms with E-state index >= 15 is 0 Å². The van der Waals surface area contributed by atoms with Gasteiger partial charge in [-0.25, -0.2) is 4.98 Å². The average Bonchev–Trinajstić information content (AvgIpc) is 0.994. The van der Waals surface area contributed by atoms with Crippen LogP contribution >= 0.6 is 0 Å². The summed E-state index contributed by atoms with van der Waals surface area (Å²) in [6.45, 7) is 15.5. The predicted octanol–water partition coefficient (Wildman–Crippen LogP) is 23.9. The molecule has 15 rings (SSSR count). The highest BCUT2D eigenvalue weighted by Gasteiger charge is 2.27. The SMILES string of the molecule is [2H]c1c([2H])c([2H])c(-c2cc(-c3cc(C(C)(C)C)cc(C(C)(C)C)c3)c(-[n+]3[c-]n(-c4cccc(Oc5ccc6c7ccccc7n(-c7cc(C([2H])([2H])[2H])c(-c8c([2H])c([2H])c([2H])c([2H])c8[2H])cn7)c6c5)c4)c4cc(-c5ccc(C(C)(C)C)cc5)ccc43)c(-c3c([2H])c(-c4c([2H])c([2H])c([2H])c([2H])c4[2H])c([2H])c(-c4c([2H])c([2H])c([2H])c([2H])c4[2H])c3[2H])c2)c([2H])c1[2H]. The summed E-state index contributed by atoms with van der Waals surface area (Å²) in [5, 5.41) is 1.45. The fourth-order valence-electron chi connectivity index (χ4n) is 12.1. The maximum absolute atomic E-state index is 10.8. The lowest BCUT2D eigenvalue weighted by molar-refractivity contribution is -0.571. The second-order valence-electron chi connectivity index (χ2n) is 26.7. The molecule has 0 atom stereocenters. The van der Waals surface area contributed by atoms with E-state index in [1.54, 1.807) is 56.2 Å². The third-order valence-electron chi connectivity index (χ3n) is 17.2. The van der Waals surface area contributed by atoms with Gasteiger partial charge >= 0.3 is 0 Å². The van der Waals surface area contributed by atoms with Crippen LogP contribution in [0.2, 0.25) is 0 Å².